The predicted molar refractivity (Wildman–Crippen MR) is 110 cm³/mol. The molecular formula is C22H34N2O3. The maximum atomic E-state index is 12.0. The minimum Gasteiger partial charge on any atom is -0.493 e. The van der Waals surface area contributed by atoms with Gasteiger partial charge < -0.3 is 19.7 Å². The molecule has 1 N–H and O–H groups in total. The summed E-state index contributed by atoms with van der Waals surface area (Å²) >= 11 is 0. The van der Waals surface area contributed by atoms with Crippen molar-refractivity contribution in [2.75, 3.05) is 39.9 Å². The molecule has 5 heteroatoms. The number of likely N-dealkylation sites (tertiary alicyclic amines) is 1. The van der Waals surface area contributed by atoms with Crippen molar-refractivity contribution in [1.29, 1.82) is 0 Å². The van der Waals surface area contributed by atoms with Gasteiger partial charge in [0.15, 0.2) is 11.5 Å². The first kappa shape index (κ1) is 21.3. The van der Waals surface area contributed by atoms with E-state index in [1.807, 2.05) is 18.2 Å². The van der Waals surface area contributed by atoms with Crippen LogP contribution in [0.2, 0.25) is 0 Å². The second-order valence-corrected chi connectivity index (χ2v) is 7.50. The highest BCUT2D eigenvalue weighted by molar-refractivity contribution is 5.91. The molecule has 2 rings (SSSR count). The quantitative estimate of drug-likeness (QED) is 0.501. The smallest absolute Gasteiger partial charge is 0.243 e. The van der Waals surface area contributed by atoms with Gasteiger partial charge in [-0.15, -0.1) is 0 Å². The summed E-state index contributed by atoms with van der Waals surface area (Å²) in [4.78, 5) is 14.5. The van der Waals surface area contributed by atoms with Crippen LogP contribution in [0, 0.1) is 5.92 Å². The Bertz CT molecular complexity index is 608. The molecule has 5 nitrogen and oxygen atoms in total. The zero-order valence-corrected chi connectivity index (χ0v) is 17.0. The molecule has 1 heterocycles. The van der Waals surface area contributed by atoms with E-state index in [-0.39, 0.29) is 5.91 Å². The molecular weight excluding hydrogens is 340 g/mol. The van der Waals surface area contributed by atoms with Crippen molar-refractivity contribution < 1.29 is 14.3 Å². The Hall–Kier alpha value is -2.01. The van der Waals surface area contributed by atoms with Gasteiger partial charge in [0, 0.05) is 12.6 Å². The highest BCUT2D eigenvalue weighted by Gasteiger charge is 2.09. The molecule has 0 unspecified atom stereocenters. The topological polar surface area (TPSA) is 50.8 Å². The summed E-state index contributed by atoms with van der Waals surface area (Å²) in [5, 5.41) is 2.96. The molecule has 150 valence electrons. The molecule has 0 atom stereocenters. The third kappa shape index (κ3) is 8.04. The molecule has 0 radical (unpaired) electrons. The number of benzene rings is 1. The monoisotopic (exact) mass is 374 g/mol. The van der Waals surface area contributed by atoms with Gasteiger partial charge in [-0.25, -0.2) is 0 Å². The zero-order valence-electron chi connectivity index (χ0n) is 17.0. The third-order valence-corrected chi connectivity index (χ3v) is 4.59. The number of hydrogen-bond acceptors (Lipinski definition) is 4. The highest BCUT2D eigenvalue weighted by Crippen LogP contribution is 2.28. The van der Waals surface area contributed by atoms with Crippen molar-refractivity contribution in [1.82, 2.24) is 10.2 Å². The van der Waals surface area contributed by atoms with Gasteiger partial charge in [-0.2, -0.15) is 0 Å². The molecule has 0 saturated carbocycles. The molecule has 0 aromatic heterocycles. The van der Waals surface area contributed by atoms with Crippen LogP contribution in [0.25, 0.3) is 6.08 Å². The predicted octanol–water partition coefficient (Wildman–Crippen LogP) is 3.74. The van der Waals surface area contributed by atoms with Gasteiger partial charge in [-0.3, -0.25) is 4.79 Å². The fourth-order valence-electron chi connectivity index (χ4n) is 3.09. The van der Waals surface area contributed by atoms with Crippen molar-refractivity contribution in [3.8, 4) is 11.5 Å². The van der Waals surface area contributed by atoms with Crippen molar-refractivity contribution in [2.24, 2.45) is 5.92 Å². The molecule has 0 bridgehead atoms. The van der Waals surface area contributed by atoms with Crippen LogP contribution in [0.15, 0.2) is 24.3 Å². The largest absolute Gasteiger partial charge is 0.493 e. The molecule has 1 aliphatic rings. The van der Waals surface area contributed by atoms with Gasteiger partial charge in [-0.1, -0.05) is 26.3 Å². The SMILES string of the molecule is COc1cc(/C=C/C(=O)NCCCN2CCCCC2)ccc1OCC(C)C. The summed E-state index contributed by atoms with van der Waals surface area (Å²) < 4.78 is 11.2. The van der Waals surface area contributed by atoms with Crippen LogP contribution in [0.5, 0.6) is 11.5 Å². The molecule has 1 aromatic rings. The lowest BCUT2D eigenvalue weighted by atomic mass is 10.1. The van der Waals surface area contributed by atoms with E-state index in [2.05, 4.69) is 24.1 Å². The molecule has 1 aromatic carbocycles. The average molecular weight is 375 g/mol. The van der Waals surface area contributed by atoms with E-state index in [1.165, 1.54) is 32.4 Å². The first-order chi connectivity index (χ1) is 13.1. The molecule has 0 spiro atoms. The molecule has 1 aliphatic heterocycles. The highest BCUT2D eigenvalue weighted by atomic mass is 16.5. The van der Waals surface area contributed by atoms with Gasteiger partial charge in [0.1, 0.15) is 0 Å². The van der Waals surface area contributed by atoms with Crippen molar-refractivity contribution >= 4 is 12.0 Å². The van der Waals surface area contributed by atoms with E-state index >= 15 is 0 Å². The second kappa shape index (κ2) is 11.7. The standard InChI is InChI=1S/C22H34N2O3/c1-18(2)17-27-20-10-8-19(16-21(20)26-3)9-11-22(25)23-12-7-15-24-13-5-4-6-14-24/h8-11,16,18H,4-7,12-15,17H2,1-3H3,(H,23,25)/b11-9+. The van der Waals surface area contributed by atoms with Crippen LogP contribution in [0.1, 0.15) is 45.1 Å². The fourth-order valence-corrected chi connectivity index (χ4v) is 3.09. The number of nitrogens with one attached hydrogen (secondary N) is 1. The molecule has 1 fully saturated rings. The summed E-state index contributed by atoms with van der Waals surface area (Å²) in [7, 11) is 1.63. The number of piperidine rings is 1. The number of carbonyl (C=O) groups excluding carboxylic acids is 1. The van der Waals surface area contributed by atoms with Crippen LogP contribution >= 0.6 is 0 Å². The molecule has 0 aliphatic carbocycles. The maximum Gasteiger partial charge on any atom is 0.243 e. The maximum absolute atomic E-state index is 12.0. The lowest BCUT2D eigenvalue weighted by Gasteiger charge is -2.26. The van der Waals surface area contributed by atoms with E-state index in [9.17, 15) is 4.79 Å². The van der Waals surface area contributed by atoms with Crippen LogP contribution in [0.4, 0.5) is 0 Å². The summed E-state index contributed by atoms with van der Waals surface area (Å²) in [5.41, 5.74) is 0.909. The Labute approximate surface area is 163 Å². The van der Waals surface area contributed by atoms with Gasteiger partial charge in [0.05, 0.1) is 13.7 Å². The Kier molecular flexibility index (Phi) is 9.19. The van der Waals surface area contributed by atoms with Crippen molar-refractivity contribution in [3.05, 3.63) is 29.8 Å². The van der Waals surface area contributed by atoms with E-state index in [4.69, 9.17) is 9.47 Å². The van der Waals surface area contributed by atoms with E-state index in [0.29, 0.717) is 24.8 Å². The molecule has 1 saturated heterocycles. The lowest BCUT2D eigenvalue weighted by molar-refractivity contribution is -0.116. The van der Waals surface area contributed by atoms with Gasteiger partial charge >= 0.3 is 0 Å². The van der Waals surface area contributed by atoms with Gasteiger partial charge in [0.25, 0.3) is 0 Å². The number of carbonyl (C=O) groups is 1. The van der Waals surface area contributed by atoms with Crippen LogP contribution < -0.4 is 14.8 Å². The summed E-state index contributed by atoms with van der Waals surface area (Å²) in [5.74, 6) is 1.80. The number of amides is 1. The van der Waals surface area contributed by atoms with E-state index < -0.39 is 0 Å². The summed E-state index contributed by atoms with van der Waals surface area (Å²) in [6, 6.07) is 5.70. The van der Waals surface area contributed by atoms with Crippen molar-refractivity contribution in [2.45, 2.75) is 39.5 Å². The lowest BCUT2D eigenvalue weighted by Crippen LogP contribution is -2.33. The van der Waals surface area contributed by atoms with Crippen LogP contribution in [0.3, 0.4) is 0 Å². The Morgan fingerprint density at radius 1 is 1.22 bits per heavy atom. The first-order valence-corrected chi connectivity index (χ1v) is 10.1. The normalized spacial score (nSPS) is 15.3. The number of hydrogen-bond donors (Lipinski definition) is 1. The Morgan fingerprint density at radius 3 is 2.70 bits per heavy atom. The van der Waals surface area contributed by atoms with E-state index in [1.54, 1.807) is 19.3 Å². The Balaban J connectivity index is 1.75. The summed E-state index contributed by atoms with van der Waals surface area (Å²) in [6.07, 6.45) is 8.34. The van der Waals surface area contributed by atoms with Crippen LogP contribution in [-0.2, 0) is 4.79 Å². The number of nitrogens with zero attached hydrogens (tertiary/aromatic N) is 1. The van der Waals surface area contributed by atoms with Gasteiger partial charge in [-0.05, 0) is 68.6 Å². The molecule has 27 heavy (non-hydrogen) atoms. The minimum absolute atomic E-state index is 0.0623. The first-order valence-electron chi connectivity index (χ1n) is 10.1. The average Bonchev–Trinajstić information content (AvgIpc) is 2.69. The van der Waals surface area contributed by atoms with Crippen LogP contribution in [-0.4, -0.2) is 50.7 Å². The van der Waals surface area contributed by atoms with Gasteiger partial charge in [0.2, 0.25) is 5.91 Å². The second-order valence-electron chi connectivity index (χ2n) is 7.50. The fraction of sp³-hybridized carbons (Fsp3) is 0.591. The summed E-state index contributed by atoms with van der Waals surface area (Å²) in [6.45, 7) is 9.04. The third-order valence-electron chi connectivity index (χ3n) is 4.59. The minimum atomic E-state index is -0.0623. The zero-order chi connectivity index (χ0) is 19.5. The molecule has 1 amide bonds. The van der Waals surface area contributed by atoms with Crippen molar-refractivity contribution in [3.63, 3.8) is 0 Å². The Morgan fingerprint density at radius 2 is 2.00 bits per heavy atom. The number of ether oxygens (including phenoxy) is 2. The number of rotatable bonds is 10. The van der Waals surface area contributed by atoms with E-state index in [0.717, 1.165) is 24.3 Å². The number of methoxy groups -OCH3 is 1.